The van der Waals surface area contributed by atoms with E-state index in [-0.39, 0.29) is 23.4 Å². The number of carbonyl (C=O) groups excluding carboxylic acids is 2. The Labute approximate surface area is 179 Å². The molecule has 0 spiro atoms. The topological polar surface area (TPSA) is 148 Å². The lowest BCUT2D eigenvalue weighted by molar-refractivity contribution is -0.131. The van der Waals surface area contributed by atoms with Crippen molar-refractivity contribution in [2.24, 2.45) is 5.92 Å². The van der Waals surface area contributed by atoms with Crippen molar-refractivity contribution in [1.82, 2.24) is 19.9 Å². The van der Waals surface area contributed by atoms with Gasteiger partial charge in [-0.05, 0) is 32.8 Å². The third kappa shape index (κ3) is 5.11. The van der Waals surface area contributed by atoms with Gasteiger partial charge >= 0.3 is 0 Å². The SMILES string of the molecule is CC(Nc1cc(-c2cnc(NC(=O)C3CC3)cn2)cnc1C#N)C(=O)N(C)[C@H](C)C#N. The van der Waals surface area contributed by atoms with Crippen molar-refractivity contribution in [3.63, 3.8) is 0 Å². The number of rotatable bonds is 7. The van der Waals surface area contributed by atoms with Gasteiger partial charge in [-0.15, -0.1) is 0 Å². The summed E-state index contributed by atoms with van der Waals surface area (Å²) in [6.45, 7) is 3.27. The summed E-state index contributed by atoms with van der Waals surface area (Å²) in [6.07, 6.45) is 6.26. The second-order valence-electron chi connectivity index (χ2n) is 7.40. The van der Waals surface area contributed by atoms with E-state index in [1.807, 2.05) is 12.1 Å². The fraction of sp³-hybridized carbons (Fsp3) is 0.381. The van der Waals surface area contributed by atoms with E-state index in [4.69, 9.17) is 5.26 Å². The Balaban J connectivity index is 1.77. The van der Waals surface area contributed by atoms with Crippen LogP contribution in [0.3, 0.4) is 0 Å². The highest BCUT2D eigenvalue weighted by atomic mass is 16.2. The number of hydrogen-bond donors (Lipinski definition) is 2. The van der Waals surface area contributed by atoms with Gasteiger partial charge in [0.2, 0.25) is 11.8 Å². The molecule has 3 rings (SSSR count). The zero-order valence-electron chi connectivity index (χ0n) is 17.5. The first-order valence-corrected chi connectivity index (χ1v) is 9.80. The normalized spacial score (nSPS) is 14.5. The summed E-state index contributed by atoms with van der Waals surface area (Å²) in [4.78, 5) is 38.4. The summed E-state index contributed by atoms with van der Waals surface area (Å²) in [5, 5.41) is 24.1. The number of nitriles is 2. The molecule has 1 aliphatic carbocycles. The summed E-state index contributed by atoms with van der Waals surface area (Å²) in [5.74, 6) is 0.0917. The fourth-order valence-corrected chi connectivity index (χ4v) is 2.80. The first-order valence-electron chi connectivity index (χ1n) is 9.80. The van der Waals surface area contributed by atoms with E-state index in [0.717, 1.165) is 12.8 Å². The molecule has 1 fully saturated rings. The fourth-order valence-electron chi connectivity index (χ4n) is 2.80. The number of aromatic nitrogens is 3. The molecule has 2 aromatic heterocycles. The zero-order valence-corrected chi connectivity index (χ0v) is 17.5. The Morgan fingerprint density at radius 1 is 1.16 bits per heavy atom. The standard InChI is InChI=1S/C21H22N8O2/c1-12(7-22)29(3)21(31)13(2)27-16-6-15(9-24-17(16)8-23)18-10-26-19(11-25-18)28-20(30)14-4-5-14/h6,9-14,27H,4-5H2,1-3H3,(H,26,28,30)/t12-,13?/m1/s1. The summed E-state index contributed by atoms with van der Waals surface area (Å²) in [6, 6.07) is 4.41. The smallest absolute Gasteiger partial charge is 0.245 e. The van der Waals surface area contributed by atoms with Crippen LogP contribution in [0.5, 0.6) is 0 Å². The molecule has 0 aliphatic heterocycles. The second-order valence-corrected chi connectivity index (χ2v) is 7.40. The number of nitrogens with one attached hydrogen (secondary N) is 2. The van der Waals surface area contributed by atoms with Crippen molar-refractivity contribution in [1.29, 1.82) is 10.5 Å². The van der Waals surface area contributed by atoms with Gasteiger partial charge in [-0.2, -0.15) is 10.5 Å². The monoisotopic (exact) mass is 418 g/mol. The van der Waals surface area contributed by atoms with E-state index in [0.29, 0.717) is 22.8 Å². The Kier molecular flexibility index (Phi) is 6.41. The van der Waals surface area contributed by atoms with Crippen LogP contribution in [0.15, 0.2) is 24.7 Å². The van der Waals surface area contributed by atoms with Gasteiger partial charge in [-0.25, -0.2) is 9.97 Å². The molecule has 158 valence electrons. The number of likely N-dealkylation sites (N-methyl/N-ethyl adjacent to an activating group) is 1. The molecule has 1 aliphatic rings. The minimum absolute atomic E-state index is 0.0529. The molecule has 2 aromatic rings. The Bertz CT molecular complexity index is 1070. The molecule has 10 heteroatoms. The molecular weight excluding hydrogens is 396 g/mol. The molecule has 2 amide bonds. The van der Waals surface area contributed by atoms with Crippen LogP contribution in [0, 0.1) is 28.6 Å². The van der Waals surface area contributed by atoms with Crippen molar-refractivity contribution in [2.45, 2.75) is 38.8 Å². The Morgan fingerprint density at radius 3 is 2.48 bits per heavy atom. The molecule has 2 atom stereocenters. The van der Waals surface area contributed by atoms with Crippen LogP contribution in [-0.4, -0.2) is 50.8 Å². The van der Waals surface area contributed by atoms with Crippen LogP contribution >= 0.6 is 0 Å². The minimum atomic E-state index is -0.684. The first-order chi connectivity index (χ1) is 14.8. The highest BCUT2D eigenvalue weighted by Gasteiger charge is 2.29. The van der Waals surface area contributed by atoms with Gasteiger partial charge in [0.25, 0.3) is 0 Å². The van der Waals surface area contributed by atoms with E-state index < -0.39 is 12.1 Å². The van der Waals surface area contributed by atoms with Gasteiger partial charge in [0.1, 0.15) is 18.2 Å². The van der Waals surface area contributed by atoms with Crippen LogP contribution in [0.2, 0.25) is 0 Å². The number of anilines is 2. The molecule has 0 saturated heterocycles. The van der Waals surface area contributed by atoms with Crippen molar-refractivity contribution >= 4 is 23.3 Å². The van der Waals surface area contributed by atoms with E-state index >= 15 is 0 Å². The molecule has 2 N–H and O–H groups in total. The van der Waals surface area contributed by atoms with Crippen LogP contribution < -0.4 is 10.6 Å². The average molecular weight is 418 g/mol. The van der Waals surface area contributed by atoms with E-state index in [1.165, 1.54) is 23.5 Å². The van der Waals surface area contributed by atoms with Crippen molar-refractivity contribution < 1.29 is 9.59 Å². The molecule has 31 heavy (non-hydrogen) atoms. The van der Waals surface area contributed by atoms with Crippen LogP contribution in [-0.2, 0) is 9.59 Å². The maximum absolute atomic E-state index is 12.5. The van der Waals surface area contributed by atoms with Gasteiger partial charge in [0, 0.05) is 24.7 Å². The lowest BCUT2D eigenvalue weighted by atomic mass is 10.1. The molecular formula is C21H22N8O2. The maximum Gasteiger partial charge on any atom is 0.245 e. The zero-order chi connectivity index (χ0) is 22.5. The largest absolute Gasteiger partial charge is 0.372 e. The van der Waals surface area contributed by atoms with Gasteiger partial charge < -0.3 is 15.5 Å². The summed E-state index contributed by atoms with van der Waals surface area (Å²) < 4.78 is 0. The summed E-state index contributed by atoms with van der Waals surface area (Å²) >= 11 is 0. The number of nitrogens with zero attached hydrogens (tertiary/aromatic N) is 6. The van der Waals surface area contributed by atoms with Crippen LogP contribution in [0.4, 0.5) is 11.5 Å². The van der Waals surface area contributed by atoms with Gasteiger partial charge in [-0.1, -0.05) is 0 Å². The first kappa shape index (κ1) is 21.7. The molecule has 0 aromatic carbocycles. The van der Waals surface area contributed by atoms with Crippen LogP contribution in [0.1, 0.15) is 32.4 Å². The van der Waals surface area contributed by atoms with Gasteiger partial charge in [0.15, 0.2) is 11.5 Å². The van der Waals surface area contributed by atoms with E-state index in [1.54, 1.807) is 27.0 Å². The molecule has 2 heterocycles. The predicted octanol–water partition coefficient (Wildman–Crippen LogP) is 1.93. The number of hydrogen-bond acceptors (Lipinski definition) is 8. The van der Waals surface area contributed by atoms with E-state index in [2.05, 4.69) is 25.6 Å². The molecule has 0 radical (unpaired) electrons. The quantitative estimate of drug-likeness (QED) is 0.693. The molecule has 1 saturated carbocycles. The van der Waals surface area contributed by atoms with Crippen molar-refractivity contribution in [3.8, 4) is 23.4 Å². The molecule has 0 bridgehead atoms. The lowest BCUT2D eigenvalue weighted by Gasteiger charge is -2.24. The third-order valence-electron chi connectivity index (χ3n) is 5.00. The van der Waals surface area contributed by atoms with Gasteiger partial charge in [-0.3, -0.25) is 14.6 Å². The third-order valence-corrected chi connectivity index (χ3v) is 5.00. The van der Waals surface area contributed by atoms with Crippen molar-refractivity contribution in [3.05, 3.63) is 30.4 Å². The van der Waals surface area contributed by atoms with Gasteiger partial charge in [0.05, 0.1) is 29.8 Å². The highest BCUT2D eigenvalue weighted by Crippen LogP contribution is 2.30. The Hall–Kier alpha value is -4.05. The number of amides is 2. The van der Waals surface area contributed by atoms with Crippen molar-refractivity contribution in [2.75, 3.05) is 17.7 Å². The predicted molar refractivity (Wildman–Crippen MR) is 112 cm³/mol. The summed E-state index contributed by atoms with van der Waals surface area (Å²) in [7, 11) is 1.55. The van der Waals surface area contributed by atoms with E-state index in [9.17, 15) is 14.9 Å². The minimum Gasteiger partial charge on any atom is -0.372 e. The second kappa shape index (κ2) is 9.18. The number of carbonyl (C=O) groups is 2. The summed E-state index contributed by atoms with van der Waals surface area (Å²) in [5.41, 5.74) is 1.58. The number of pyridine rings is 1. The molecule has 10 nitrogen and oxygen atoms in total. The van der Waals surface area contributed by atoms with Crippen LogP contribution in [0.25, 0.3) is 11.3 Å². The maximum atomic E-state index is 12.5. The average Bonchev–Trinajstić information content (AvgIpc) is 3.63. The Morgan fingerprint density at radius 2 is 1.90 bits per heavy atom. The highest BCUT2D eigenvalue weighted by molar-refractivity contribution is 5.93. The lowest BCUT2D eigenvalue weighted by Crippen LogP contribution is -2.43. The molecule has 1 unspecified atom stereocenters.